The molecule has 0 radical (unpaired) electrons. The zero-order valence-electron chi connectivity index (χ0n) is 19.3. The molecule has 2 aromatic heterocycles. The number of hydrogen-bond donors (Lipinski definition) is 1. The number of amides is 1. The Balaban J connectivity index is 1.57. The maximum atomic E-state index is 13.3. The molecule has 0 aliphatic heterocycles. The molecule has 2 aromatic carbocycles. The first-order valence-corrected chi connectivity index (χ1v) is 11.3. The van der Waals surface area contributed by atoms with Gasteiger partial charge in [-0.05, 0) is 56.5 Å². The predicted octanol–water partition coefficient (Wildman–Crippen LogP) is 4.78. The third-order valence-electron chi connectivity index (χ3n) is 6.05. The molecule has 0 fully saturated rings. The molecular weight excluding hydrogens is 436 g/mol. The number of carbonyl (C=O) groups is 1. The Hall–Kier alpha value is -3.38. The Morgan fingerprint density at radius 3 is 2.64 bits per heavy atom. The minimum Gasteiger partial charge on any atom is -0.352 e. The Labute approximate surface area is 197 Å². The smallest absolute Gasteiger partial charge is 0.263 e. The number of nitrogens with one attached hydrogen (secondary N) is 1. The van der Waals surface area contributed by atoms with Crippen LogP contribution in [-0.2, 0) is 17.9 Å². The lowest BCUT2D eigenvalue weighted by Crippen LogP contribution is -2.27. The fourth-order valence-corrected chi connectivity index (χ4v) is 4.26. The van der Waals surface area contributed by atoms with Crippen LogP contribution in [0.2, 0.25) is 5.02 Å². The number of halogens is 1. The molecule has 0 saturated heterocycles. The molecule has 0 aliphatic carbocycles. The minimum atomic E-state index is -0.148. The SMILES string of the molecule is Cc1cccc(CNC(=O)CCn2cnc3c(c(C)c(C)n3-c3cc(Cl)ccc3C)c2=O)c1. The summed E-state index contributed by atoms with van der Waals surface area (Å²) in [6.45, 7) is 8.65. The summed E-state index contributed by atoms with van der Waals surface area (Å²) in [5.74, 6) is -0.108. The summed E-state index contributed by atoms with van der Waals surface area (Å²) in [6.07, 6.45) is 1.72. The topological polar surface area (TPSA) is 68.9 Å². The molecule has 4 aromatic rings. The summed E-state index contributed by atoms with van der Waals surface area (Å²) in [7, 11) is 0. The highest BCUT2D eigenvalue weighted by atomic mass is 35.5. The molecule has 6 nitrogen and oxygen atoms in total. The maximum absolute atomic E-state index is 13.3. The van der Waals surface area contributed by atoms with Crippen molar-refractivity contribution in [2.24, 2.45) is 0 Å². The van der Waals surface area contributed by atoms with Gasteiger partial charge in [0.05, 0.1) is 17.4 Å². The molecular formula is C26H27ClN4O2. The molecule has 4 rings (SSSR count). The molecule has 0 aliphatic rings. The number of hydrogen-bond acceptors (Lipinski definition) is 3. The van der Waals surface area contributed by atoms with Crippen molar-refractivity contribution in [3.63, 3.8) is 0 Å². The summed E-state index contributed by atoms with van der Waals surface area (Å²) < 4.78 is 3.49. The third-order valence-corrected chi connectivity index (χ3v) is 6.28. The molecule has 7 heteroatoms. The second-order valence-corrected chi connectivity index (χ2v) is 8.87. The Kier molecular flexibility index (Phi) is 6.38. The number of carbonyl (C=O) groups excluding carboxylic acids is 1. The summed E-state index contributed by atoms with van der Waals surface area (Å²) in [5.41, 5.74) is 6.40. The van der Waals surface area contributed by atoms with Crippen molar-refractivity contribution >= 4 is 28.5 Å². The first kappa shape index (κ1) is 22.8. The van der Waals surface area contributed by atoms with Crippen molar-refractivity contribution in [1.82, 2.24) is 19.4 Å². The van der Waals surface area contributed by atoms with Gasteiger partial charge in [-0.15, -0.1) is 0 Å². The maximum Gasteiger partial charge on any atom is 0.263 e. The lowest BCUT2D eigenvalue weighted by atomic mass is 10.1. The average molecular weight is 463 g/mol. The molecule has 0 unspecified atom stereocenters. The van der Waals surface area contributed by atoms with E-state index in [0.717, 1.165) is 33.6 Å². The van der Waals surface area contributed by atoms with Crippen LogP contribution < -0.4 is 10.9 Å². The molecule has 170 valence electrons. The first-order valence-electron chi connectivity index (χ1n) is 10.9. The molecule has 0 saturated carbocycles. The number of nitrogens with zero attached hydrogens (tertiary/aromatic N) is 3. The highest BCUT2D eigenvalue weighted by molar-refractivity contribution is 6.30. The second kappa shape index (κ2) is 9.24. The van der Waals surface area contributed by atoms with Crippen molar-refractivity contribution in [2.75, 3.05) is 0 Å². The second-order valence-electron chi connectivity index (χ2n) is 8.43. The van der Waals surface area contributed by atoms with Gasteiger partial charge in [0.1, 0.15) is 0 Å². The highest BCUT2D eigenvalue weighted by Crippen LogP contribution is 2.28. The van der Waals surface area contributed by atoms with Gasteiger partial charge >= 0.3 is 0 Å². The Morgan fingerprint density at radius 1 is 1.09 bits per heavy atom. The summed E-state index contributed by atoms with van der Waals surface area (Å²) in [4.78, 5) is 30.2. The summed E-state index contributed by atoms with van der Waals surface area (Å²) >= 11 is 6.24. The molecule has 1 amide bonds. The molecule has 0 spiro atoms. The van der Waals surface area contributed by atoms with Crippen LogP contribution in [0, 0.1) is 27.7 Å². The van der Waals surface area contributed by atoms with Gasteiger partial charge < -0.3 is 5.32 Å². The van der Waals surface area contributed by atoms with Crippen LogP contribution in [0.4, 0.5) is 0 Å². The van der Waals surface area contributed by atoms with Crippen LogP contribution in [-0.4, -0.2) is 20.0 Å². The number of benzene rings is 2. The van der Waals surface area contributed by atoms with Gasteiger partial charge in [0.2, 0.25) is 5.91 Å². The predicted molar refractivity (Wildman–Crippen MR) is 132 cm³/mol. The van der Waals surface area contributed by atoms with Gasteiger partial charge in [-0.3, -0.25) is 18.7 Å². The molecule has 2 heterocycles. The van der Waals surface area contributed by atoms with E-state index in [9.17, 15) is 9.59 Å². The Morgan fingerprint density at radius 2 is 1.88 bits per heavy atom. The molecule has 1 N–H and O–H groups in total. The van der Waals surface area contributed by atoms with Gasteiger partial charge in [0.15, 0.2) is 5.65 Å². The minimum absolute atomic E-state index is 0.108. The van der Waals surface area contributed by atoms with Gasteiger partial charge in [0, 0.05) is 30.2 Å². The van der Waals surface area contributed by atoms with E-state index in [0.29, 0.717) is 22.6 Å². The van der Waals surface area contributed by atoms with E-state index in [-0.39, 0.29) is 24.4 Å². The summed E-state index contributed by atoms with van der Waals surface area (Å²) in [6, 6.07) is 13.7. The van der Waals surface area contributed by atoms with Gasteiger partial charge in [-0.1, -0.05) is 47.5 Å². The summed E-state index contributed by atoms with van der Waals surface area (Å²) in [5, 5.41) is 4.11. The van der Waals surface area contributed by atoms with Crippen molar-refractivity contribution in [1.29, 1.82) is 0 Å². The van der Waals surface area contributed by atoms with Crippen molar-refractivity contribution in [2.45, 2.75) is 47.2 Å². The lowest BCUT2D eigenvalue weighted by molar-refractivity contribution is -0.121. The third kappa shape index (κ3) is 4.57. The Bertz CT molecular complexity index is 1420. The van der Waals surface area contributed by atoms with E-state index in [1.807, 2.05) is 74.7 Å². The number of fused-ring (bicyclic) bond motifs is 1. The van der Waals surface area contributed by atoms with Gasteiger partial charge in [-0.25, -0.2) is 4.98 Å². The number of aromatic nitrogens is 3. The van der Waals surface area contributed by atoms with Crippen LogP contribution in [0.1, 0.15) is 34.4 Å². The van der Waals surface area contributed by atoms with E-state index < -0.39 is 0 Å². The van der Waals surface area contributed by atoms with Crippen LogP contribution >= 0.6 is 11.6 Å². The van der Waals surface area contributed by atoms with Gasteiger partial charge in [0.25, 0.3) is 5.56 Å². The standard InChI is InChI=1S/C26H27ClN4O2/c1-16-6-5-7-20(12-16)14-28-23(32)10-11-30-15-29-25-24(26(30)33)18(3)19(4)31(25)22-13-21(27)9-8-17(22)2/h5-9,12-13,15H,10-11,14H2,1-4H3,(H,28,32). The van der Waals surface area contributed by atoms with E-state index in [4.69, 9.17) is 11.6 Å². The zero-order valence-corrected chi connectivity index (χ0v) is 20.0. The van der Waals surface area contributed by atoms with E-state index in [1.165, 1.54) is 10.9 Å². The van der Waals surface area contributed by atoms with E-state index in [1.54, 1.807) is 0 Å². The monoisotopic (exact) mass is 462 g/mol. The lowest BCUT2D eigenvalue weighted by Gasteiger charge is -2.12. The van der Waals surface area contributed by atoms with Gasteiger partial charge in [-0.2, -0.15) is 0 Å². The average Bonchev–Trinajstić information content (AvgIpc) is 3.04. The van der Waals surface area contributed by atoms with Crippen LogP contribution in [0.25, 0.3) is 16.7 Å². The zero-order chi connectivity index (χ0) is 23.7. The van der Waals surface area contributed by atoms with Crippen molar-refractivity contribution in [3.8, 4) is 5.69 Å². The van der Waals surface area contributed by atoms with Crippen molar-refractivity contribution < 1.29 is 4.79 Å². The quantitative estimate of drug-likeness (QED) is 0.448. The first-order chi connectivity index (χ1) is 15.8. The van der Waals surface area contributed by atoms with Crippen LogP contribution in [0.15, 0.2) is 53.6 Å². The number of rotatable bonds is 6. The molecule has 0 atom stereocenters. The molecule has 0 bridgehead atoms. The van der Waals surface area contributed by atoms with Crippen molar-refractivity contribution in [3.05, 3.63) is 92.1 Å². The fourth-order valence-electron chi connectivity index (χ4n) is 4.10. The highest BCUT2D eigenvalue weighted by Gasteiger charge is 2.19. The van der Waals surface area contributed by atoms with E-state index >= 15 is 0 Å². The normalized spacial score (nSPS) is 11.2. The largest absolute Gasteiger partial charge is 0.352 e. The fraction of sp³-hybridized carbons (Fsp3) is 0.269. The van der Waals surface area contributed by atoms with Crippen LogP contribution in [0.5, 0.6) is 0 Å². The van der Waals surface area contributed by atoms with E-state index in [2.05, 4.69) is 10.3 Å². The molecule has 33 heavy (non-hydrogen) atoms. The number of aryl methyl sites for hydroxylation is 4. The van der Waals surface area contributed by atoms with Crippen LogP contribution in [0.3, 0.4) is 0 Å².